The lowest BCUT2D eigenvalue weighted by atomic mass is 9.86. The Balaban J connectivity index is 0.000000547. The summed E-state index contributed by atoms with van der Waals surface area (Å²) in [6.45, 7) is 17.2. The molecule has 0 unspecified atom stereocenters. The monoisotopic (exact) mass is 368 g/mol. The highest BCUT2D eigenvalue weighted by atomic mass is 32.1. The van der Waals surface area contributed by atoms with Gasteiger partial charge in [-0.2, -0.15) is 12.6 Å². The average molecular weight is 369 g/mol. The summed E-state index contributed by atoms with van der Waals surface area (Å²) in [6, 6.07) is 0. The Kier molecular flexibility index (Phi) is 11.5. The largest absolute Gasteiger partial charge is 0.494 e. The number of methoxy groups -OCH3 is 1. The normalized spacial score (nSPS) is 16.2. The molecule has 3 heteroatoms. The molecule has 2 nitrogen and oxygen atoms in total. The van der Waals surface area contributed by atoms with Crippen molar-refractivity contribution in [1.29, 1.82) is 0 Å². The van der Waals surface area contributed by atoms with Crippen molar-refractivity contribution in [3.05, 3.63) is 36.1 Å². The second-order valence-electron chi connectivity index (χ2n) is 7.87. The van der Waals surface area contributed by atoms with Gasteiger partial charge >= 0.3 is 0 Å². The van der Waals surface area contributed by atoms with Crippen LogP contribution in [0.4, 0.5) is 0 Å². The van der Waals surface area contributed by atoms with Crippen LogP contribution in [-0.4, -0.2) is 24.1 Å². The van der Waals surface area contributed by atoms with Crippen molar-refractivity contribution in [1.82, 2.24) is 0 Å². The van der Waals surface area contributed by atoms with E-state index in [4.69, 9.17) is 9.47 Å². The molecule has 0 heterocycles. The molecule has 1 saturated carbocycles. The van der Waals surface area contributed by atoms with Crippen molar-refractivity contribution in [3.63, 3.8) is 0 Å². The summed E-state index contributed by atoms with van der Waals surface area (Å²) >= 11 is 4.39. The van der Waals surface area contributed by atoms with Crippen LogP contribution in [0.2, 0.25) is 0 Å². The van der Waals surface area contributed by atoms with Gasteiger partial charge in [0, 0.05) is 11.9 Å². The molecule has 0 N–H and O–H groups in total. The van der Waals surface area contributed by atoms with Gasteiger partial charge in [-0.05, 0) is 65.4 Å². The van der Waals surface area contributed by atoms with Crippen molar-refractivity contribution in [2.24, 2.45) is 5.92 Å². The number of hydrogen-bond acceptors (Lipinski definition) is 3. The van der Waals surface area contributed by atoms with Crippen molar-refractivity contribution < 1.29 is 9.47 Å². The fraction of sp³-hybridized carbons (Fsp3) is 0.727. The highest BCUT2D eigenvalue weighted by molar-refractivity contribution is 7.81. The summed E-state index contributed by atoms with van der Waals surface area (Å²) in [4.78, 5) is 0. The van der Waals surface area contributed by atoms with Crippen LogP contribution >= 0.6 is 12.6 Å². The number of thiol groups is 1. The molecule has 1 aliphatic carbocycles. The van der Waals surface area contributed by atoms with E-state index < -0.39 is 0 Å². The Bertz CT molecular complexity index is 437. The smallest absolute Gasteiger partial charge is 0.115 e. The molecule has 0 amide bonds. The van der Waals surface area contributed by atoms with E-state index in [1.54, 1.807) is 7.11 Å². The predicted molar refractivity (Wildman–Crippen MR) is 114 cm³/mol. The van der Waals surface area contributed by atoms with Gasteiger partial charge in [0.15, 0.2) is 0 Å². The van der Waals surface area contributed by atoms with E-state index in [0.717, 1.165) is 30.3 Å². The lowest BCUT2D eigenvalue weighted by Crippen LogP contribution is -2.42. The molecule has 0 radical (unpaired) electrons. The van der Waals surface area contributed by atoms with Crippen LogP contribution in [0, 0.1) is 5.92 Å². The average Bonchev–Trinajstić information content (AvgIpc) is 2.49. The van der Waals surface area contributed by atoms with E-state index in [0.29, 0.717) is 0 Å². The van der Waals surface area contributed by atoms with Crippen molar-refractivity contribution >= 4 is 12.6 Å². The first-order valence-electron chi connectivity index (χ1n) is 9.48. The Morgan fingerprint density at radius 2 is 1.84 bits per heavy atom. The molecule has 0 atom stereocenters. The molecule has 146 valence electrons. The van der Waals surface area contributed by atoms with Crippen LogP contribution in [0.5, 0.6) is 0 Å². The number of rotatable bonds is 9. The summed E-state index contributed by atoms with van der Waals surface area (Å²) in [5.41, 5.74) is 0.975. The second kappa shape index (κ2) is 11.9. The number of hydrogen-bond donors (Lipinski definition) is 1. The topological polar surface area (TPSA) is 18.5 Å². The molecule has 0 bridgehead atoms. The first-order chi connectivity index (χ1) is 11.5. The highest BCUT2D eigenvalue weighted by Gasteiger charge is 2.33. The van der Waals surface area contributed by atoms with Gasteiger partial charge < -0.3 is 9.47 Å². The van der Waals surface area contributed by atoms with Crippen LogP contribution in [0.3, 0.4) is 0 Å². The van der Waals surface area contributed by atoms with Crippen LogP contribution in [0.25, 0.3) is 0 Å². The minimum Gasteiger partial charge on any atom is -0.494 e. The molecule has 1 aliphatic rings. The first kappa shape index (κ1) is 24.3. The number of unbranched alkanes of at least 4 members (excludes halogenated alkanes) is 1. The van der Waals surface area contributed by atoms with Crippen LogP contribution < -0.4 is 0 Å². The van der Waals surface area contributed by atoms with Gasteiger partial charge in [0.25, 0.3) is 0 Å². The van der Waals surface area contributed by atoms with E-state index in [9.17, 15) is 0 Å². The Morgan fingerprint density at radius 1 is 1.24 bits per heavy atom. The zero-order valence-electron chi connectivity index (χ0n) is 17.5. The molecular weight excluding hydrogens is 328 g/mol. The molecule has 0 aromatic rings. The molecule has 0 aliphatic heterocycles. The zero-order valence-corrected chi connectivity index (χ0v) is 18.4. The van der Waals surface area contributed by atoms with E-state index in [2.05, 4.69) is 51.3 Å². The molecule has 0 saturated heterocycles. The van der Waals surface area contributed by atoms with E-state index in [1.165, 1.54) is 25.7 Å². The Hall–Kier alpha value is -0.670. The van der Waals surface area contributed by atoms with Crippen LogP contribution in [0.1, 0.15) is 73.6 Å². The number of ether oxygens (including phenoxy) is 2. The van der Waals surface area contributed by atoms with Gasteiger partial charge in [-0.25, -0.2) is 0 Å². The summed E-state index contributed by atoms with van der Waals surface area (Å²) in [5, 5.41) is 0. The Labute approximate surface area is 162 Å². The maximum Gasteiger partial charge on any atom is 0.115 e. The van der Waals surface area contributed by atoms with Gasteiger partial charge in [0.1, 0.15) is 5.76 Å². The lowest BCUT2D eigenvalue weighted by Gasteiger charge is -2.36. The summed E-state index contributed by atoms with van der Waals surface area (Å²) in [7, 11) is 1.71. The summed E-state index contributed by atoms with van der Waals surface area (Å²) in [5.74, 6) is 1.60. The van der Waals surface area contributed by atoms with Crippen LogP contribution in [0.15, 0.2) is 36.1 Å². The van der Waals surface area contributed by atoms with Gasteiger partial charge in [0.05, 0.1) is 12.2 Å². The molecular formula is C22H40O2S. The standard InChI is InChI=1S/C15H24O.C7H16OS/c1-4-5-6-7-9-13(2)14(3)16-12-15-10-8-11-15;1-6(2,8-5)7(3,4)9/h6-7,9,15H,3-5,8,10-12H2,1-2H3;9H,1-5H3/b7-6-,13-9-;. The fourth-order valence-corrected chi connectivity index (χ4v) is 1.90. The van der Waals surface area contributed by atoms with E-state index in [-0.39, 0.29) is 10.3 Å². The second-order valence-corrected chi connectivity index (χ2v) is 8.99. The van der Waals surface area contributed by atoms with Gasteiger partial charge in [-0.3, -0.25) is 0 Å². The van der Waals surface area contributed by atoms with Crippen molar-refractivity contribution in [2.75, 3.05) is 13.7 Å². The first-order valence-corrected chi connectivity index (χ1v) is 9.92. The van der Waals surface area contributed by atoms with Crippen molar-refractivity contribution in [2.45, 2.75) is 84.0 Å². The third-order valence-corrected chi connectivity index (χ3v) is 5.62. The molecule has 0 aromatic heterocycles. The third kappa shape index (κ3) is 10.2. The predicted octanol–water partition coefficient (Wildman–Crippen LogP) is 6.74. The maximum atomic E-state index is 5.67. The highest BCUT2D eigenvalue weighted by Crippen LogP contribution is 2.30. The minimum atomic E-state index is -0.157. The van der Waals surface area contributed by atoms with Gasteiger partial charge in [0.2, 0.25) is 0 Å². The molecule has 0 aromatic carbocycles. The van der Waals surface area contributed by atoms with E-state index >= 15 is 0 Å². The minimum absolute atomic E-state index is 0.0816. The number of allylic oxidation sites excluding steroid dienone is 4. The van der Waals surface area contributed by atoms with Gasteiger partial charge in [-0.1, -0.05) is 44.6 Å². The fourth-order valence-electron chi connectivity index (χ4n) is 1.81. The quantitative estimate of drug-likeness (QED) is 0.276. The van der Waals surface area contributed by atoms with Gasteiger partial charge in [-0.15, -0.1) is 0 Å². The molecule has 25 heavy (non-hydrogen) atoms. The SMILES string of the molecule is C=C(OCC1CCC1)/C(C)=C\C=C/CCC.COC(C)(C)C(C)(C)S. The van der Waals surface area contributed by atoms with Crippen molar-refractivity contribution in [3.8, 4) is 0 Å². The molecule has 1 fully saturated rings. The molecule has 1 rings (SSSR count). The summed E-state index contributed by atoms with van der Waals surface area (Å²) < 4.78 is 10.8. The van der Waals surface area contributed by atoms with Crippen LogP contribution in [-0.2, 0) is 9.47 Å². The zero-order chi connectivity index (χ0) is 19.5. The lowest BCUT2D eigenvalue weighted by molar-refractivity contribution is -0.00128. The van der Waals surface area contributed by atoms with E-state index in [1.807, 2.05) is 27.7 Å². The maximum absolute atomic E-state index is 5.67. The third-order valence-electron chi connectivity index (χ3n) is 5.08. The Morgan fingerprint density at radius 3 is 2.20 bits per heavy atom. The summed E-state index contributed by atoms with van der Waals surface area (Å²) in [6.07, 6.45) is 12.7. The molecule has 0 spiro atoms.